The predicted octanol–water partition coefficient (Wildman–Crippen LogP) is 3.66. The molecule has 1 aromatic heterocycles. The van der Waals surface area contributed by atoms with Crippen LogP contribution >= 0.6 is 11.3 Å². The van der Waals surface area contributed by atoms with E-state index in [1.165, 1.54) is 50.9 Å². The van der Waals surface area contributed by atoms with Gasteiger partial charge in [-0.05, 0) is 74.6 Å². The zero-order valence-electron chi connectivity index (χ0n) is 11.7. The second-order valence-electron chi connectivity index (χ2n) is 5.41. The second-order valence-corrected chi connectivity index (χ2v) is 6.19. The molecule has 0 aromatic carbocycles. The standard InChI is InChI=1S/C15H26N2S/c1-3-8-17-9-4-5-15(6-10-17)16-13(2)14-7-11-18-12-14/h7,11-13,15-16H,3-6,8-10H2,1-2H3. The van der Waals surface area contributed by atoms with Crippen molar-refractivity contribution in [3.8, 4) is 0 Å². The van der Waals surface area contributed by atoms with Crippen LogP contribution in [0.15, 0.2) is 16.8 Å². The molecule has 0 radical (unpaired) electrons. The van der Waals surface area contributed by atoms with Crippen molar-refractivity contribution >= 4 is 11.3 Å². The molecule has 3 heteroatoms. The van der Waals surface area contributed by atoms with Crippen LogP contribution in [0.3, 0.4) is 0 Å². The first-order valence-corrected chi connectivity index (χ1v) is 8.24. The van der Waals surface area contributed by atoms with Gasteiger partial charge >= 0.3 is 0 Å². The third-order valence-corrected chi connectivity index (χ3v) is 4.59. The average molecular weight is 266 g/mol. The van der Waals surface area contributed by atoms with Gasteiger partial charge in [0.1, 0.15) is 0 Å². The smallest absolute Gasteiger partial charge is 0.0302 e. The molecule has 2 heterocycles. The lowest BCUT2D eigenvalue weighted by Crippen LogP contribution is -2.33. The second kappa shape index (κ2) is 7.27. The van der Waals surface area contributed by atoms with Gasteiger partial charge in [0.05, 0.1) is 0 Å². The van der Waals surface area contributed by atoms with Crippen LogP contribution in [-0.2, 0) is 0 Å². The van der Waals surface area contributed by atoms with Crippen molar-refractivity contribution in [3.05, 3.63) is 22.4 Å². The van der Waals surface area contributed by atoms with E-state index in [1.54, 1.807) is 11.3 Å². The van der Waals surface area contributed by atoms with E-state index in [0.29, 0.717) is 12.1 Å². The molecule has 102 valence electrons. The molecule has 0 amide bonds. The van der Waals surface area contributed by atoms with Gasteiger partial charge in [0.25, 0.3) is 0 Å². The lowest BCUT2D eigenvalue weighted by Gasteiger charge is -2.22. The maximum atomic E-state index is 3.80. The summed E-state index contributed by atoms with van der Waals surface area (Å²) in [5, 5.41) is 8.24. The van der Waals surface area contributed by atoms with Crippen LogP contribution in [-0.4, -0.2) is 30.6 Å². The summed E-state index contributed by atoms with van der Waals surface area (Å²) in [5.41, 5.74) is 1.44. The average Bonchev–Trinajstić information content (AvgIpc) is 2.81. The Morgan fingerprint density at radius 3 is 3.06 bits per heavy atom. The first kappa shape index (κ1) is 14.0. The van der Waals surface area contributed by atoms with Gasteiger partial charge in [-0.2, -0.15) is 11.3 Å². The molecule has 18 heavy (non-hydrogen) atoms. The summed E-state index contributed by atoms with van der Waals surface area (Å²) in [6.07, 6.45) is 5.25. The van der Waals surface area contributed by atoms with Gasteiger partial charge in [-0.15, -0.1) is 0 Å². The van der Waals surface area contributed by atoms with E-state index in [1.807, 2.05) is 0 Å². The van der Waals surface area contributed by atoms with E-state index in [4.69, 9.17) is 0 Å². The summed E-state index contributed by atoms with van der Waals surface area (Å²) in [5.74, 6) is 0. The zero-order valence-corrected chi connectivity index (χ0v) is 12.5. The lowest BCUT2D eigenvalue weighted by molar-refractivity contribution is 0.281. The third kappa shape index (κ3) is 4.08. The molecule has 2 nitrogen and oxygen atoms in total. The SMILES string of the molecule is CCCN1CCCC(NC(C)c2ccsc2)CC1. The van der Waals surface area contributed by atoms with E-state index >= 15 is 0 Å². The fraction of sp³-hybridized carbons (Fsp3) is 0.733. The Labute approximate surface area is 115 Å². The van der Waals surface area contributed by atoms with Crippen LogP contribution < -0.4 is 5.32 Å². The van der Waals surface area contributed by atoms with Gasteiger partial charge in [0.2, 0.25) is 0 Å². The van der Waals surface area contributed by atoms with E-state index in [2.05, 4.69) is 40.9 Å². The molecule has 2 rings (SSSR count). The number of likely N-dealkylation sites (tertiary alicyclic amines) is 1. The number of nitrogens with one attached hydrogen (secondary N) is 1. The predicted molar refractivity (Wildman–Crippen MR) is 80.2 cm³/mol. The van der Waals surface area contributed by atoms with Crippen LogP contribution in [0, 0.1) is 0 Å². The minimum absolute atomic E-state index is 0.499. The maximum Gasteiger partial charge on any atom is 0.0302 e. The van der Waals surface area contributed by atoms with E-state index < -0.39 is 0 Å². The van der Waals surface area contributed by atoms with Gasteiger partial charge in [-0.3, -0.25) is 0 Å². The van der Waals surface area contributed by atoms with Crippen molar-refractivity contribution in [1.29, 1.82) is 0 Å². The van der Waals surface area contributed by atoms with Crippen molar-refractivity contribution < 1.29 is 0 Å². The number of hydrogen-bond acceptors (Lipinski definition) is 3. The van der Waals surface area contributed by atoms with Crippen LogP contribution in [0.4, 0.5) is 0 Å². The number of nitrogens with zero attached hydrogens (tertiary/aromatic N) is 1. The number of hydrogen-bond donors (Lipinski definition) is 1. The van der Waals surface area contributed by atoms with Gasteiger partial charge in [-0.25, -0.2) is 0 Å². The Hall–Kier alpha value is -0.380. The lowest BCUT2D eigenvalue weighted by atomic mass is 10.1. The molecule has 0 bridgehead atoms. The van der Waals surface area contributed by atoms with Crippen molar-refractivity contribution in [1.82, 2.24) is 10.2 Å². The first-order chi connectivity index (χ1) is 8.79. The molecule has 2 unspecified atom stereocenters. The van der Waals surface area contributed by atoms with E-state index in [9.17, 15) is 0 Å². The number of rotatable bonds is 5. The van der Waals surface area contributed by atoms with E-state index in [0.717, 1.165) is 0 Å². The van der Waals surface area contributed by atoms with E-state index in [-0.39, 0.29) is 0 Å². The Morgan fingerprint density at radius 2 is 2.33 bits per heavy atom. The van der Waals surface area contributed by atoms with Crippen molar-refractivity contribution in [2.45, 2.75) is 51.6 Å². The minimum Gasteiger partial charge on any atom is -0.307 e. The van der Waals surface area contributed by atoms with Crippen LogP contribution in [0.1, 0.15) is 51.1 Å². The van der Waals surface area contributed by atoms with Crippen molar-refractivity contribution in [2.24, 2.45) is 0 Å². The molecule has 1 aromatic rings. The normalized spacial score (nSPS) is 23.8. The molecule has 1 fully saturated rings. The Morgan fingerprint density at radius 1 is 1.44 bits per heavy atom. The molecule has 2 atom stereocenters. The molecule has 1 saturated heterocycles. The number of thiophene rings is 1. The van der Waals surface area contributed by atoms with Gasteiger partial charge in [0.15, 0.2) is 0 Å². The summed E-state index contributed by atoms with van der Waals surface area (Å²) >= 11 is 1.79. The first-order valence-electron chi connectivity index (χ1n) is 7.30. The Bertz CT molecular complexity index is 323. The molecule has 1 aliphatic rings. The molecule has 0 aliphatic carbocycles. The summed E-state index contributed by atoms with van der Waals surface area (Å²) in [6, 6.07) is 3.43. The molecular formula is C15H26N2S. The molecule has 0 spiro atoms. The highest BCUT2D eigenvalue weighted by atomic mass is 32.1. The summed E-state index contributed by atoms with van der Waals surface area (Å²) in [6.45, 7) is 8.39. The Balaban J connectivity index is 1.79. The fourth-order valence-corrected chi connectivity index (χ4v) is 3.59. The third-order valence-electron chi connectivity index (χ3n) is 3.89. The van der Waals surface area contributed by atoms with Gasteiger partial charge in [-0.1, -0.05) is 6.92 Å². The van der Waals surface area contributed by atoms with Crippen LogP contribution in [0.25, 0.3) is 0 Å². The van der Waals surface area contributed by atoms with Gasteiger partial charge in [0, 0.05) is 12.1 Å². The molecule has 0 saturated carbocycles. The largest absolute Gasteiger partial charge is 0.307 e. The van der Waals surface area contributed by atoms with Crippen LogP contribution in [0.2, 0.25) is 0 Å². The summed E-state index contributed by atoms with van der Waals surface area (Å²) in [4.78, 5) is 2.62. The summed E-state index contributed by atoms with van der Waals surface area (Å²) in [7, 11) is 0. The molecular weight excluding hydrogens is 240 g/mol. The highest BCUT2D eigenvalue weighted by molar-refractivity contribution is 7.07. The van der Waals surface area contributed by atoms with Crippen molar-refractivity contribution in [2.75, 3.05) is 19.6 Å². The highest BCUT2D eigenvalue weighted by Crippen LogP contribution is 2.19. The quantitative estimate of drug-likeness (QED) is 0.875. The van der Waals surface area contributed by atoms with Gasteiger partial charge < -0.3 is 10.2 Å². The van der Waals surface area contributed by atoms with Crippen LogP contribution in [0.5, 0.6) is 0 Å². The molecule has 1 N–H and O–H groups in total. The Kier molecular flexibility index (Phi) is 5.67. The monoisotopic (exact) mass is 266 g/mol. The minimum atomic E-state index is 0.499. The summed E-state index contributed by atoms with van der Waals surface area (Å²) < 4.78 is 0. The maximum absolute atomic E-state index is 3.80. The zero-order chi connectivity index (χ0) is 12.8. The highest BCUT2D eigenvalue weighted by Gasteiger charge is 2.18. The molecule has 1 aliphatic heterocycles. The van der Waals surface area contributed by atoms with Crippen molar-refractivity contribution in [3.63, 3.8) is 0 Å². The fourth-order valence-electron chi connectivity index (χ4n) is 2.83. The topological polar surface area (TPSA) is 15.3 Å².